The number of unbranched alkanes of at least 4 members (excludes halogenated alkanes) is 1. The van der Waals surface area contributed by atoms with Crippen LogP contribution in [0, 0.1) is 5.41 Å². The molecule has 0 aliphatic carbocycles. The Bertz CT molecular complexity index is 433. The van der Waals surface area contributed by atoms with Gasteiger partial charge in [0.2, 0.25) is 0 Å². The van der Waals surface area contributed by atoms with Crippen LogP contribution in [0.5, 0.6) is 0 Å². The molecule has 1 N–H and O–H groups in total. The van der Waals surface area contributed by atoms with Gasteiger partial charge < -0.3 is 9.84 Å². The number of carbonyl (C=O) groups is 1. The highest BCUT2D eigenvalue weighted by atomic mass is 79.9. The van der Waals surface area contributed by atoms with Gasteiger partial charge in [0, 0.05) is 11.1 Å². The Balaban J connectivity index is 2.83. The van der Waals surface area contributed by atoms with Crippen LogP contribution in [0.2, 0.25) is 0 Å². The molecular weight excluding hydrogens is 320 g/mol. The minimum absolute atomic E-state index is 0.155. The fourth-order valence-electron chi connectivity index (χ4n) is 2.29. The smallest absolute Gasteiger partial charge is 0.312 e. The number of rotatable bonds is 8. The van der Waals surface area contributed by atoms with Crippen LogP contribution in [0.15, 0.2) is 28.7 Å². The second-order valence-corrected chi connectivity index (χ2v) is 6.18. The van der Waals surface area contributed by atoms with Crippen LogP contribution in [0.4, 0.5) is 0 Å². The first-order chi connectivity index (χ1) is 9.51. The lowest BCUT2D eigenvalue weighted by molar-refractivity contribution is -0.155. The molecule has 1 rings (SSSR count). The van der Waals surface area contributed by atoms with Crippen molar-refractivity contribution in [1.82, 2.24) is 0 Å². The molecular formula is C16H23BrO3. The standard InChI is InChI=1S/C16H23BrO3/c1-3-20-15(19)16(2,9-4-5-10-18)12-13-7-6-8-14(17)11-13/h6-8,11,18H,3-5,9-10,12H2,1-2H3/t16-/m1/s1. The Hall–Kier alpha value is -0.870. The first kappa shape index (κ1) is 17.2. The molecule has 0 bridgehead atoms. The third kappa shape index (κ3) is 5.25. The summed E-state index contributed by atoms with van der Waals surface area (Å²) in [5, 5.41) is 8.91. The van der Waals surface area contributed by atoms with Gasteiger partial charge in [-0.25, -0.2) is 0 Å². The topological polar surface area (TPSA) is 46.5 Å². The predicted molar refractivity (Wildman–Crippen MR) is 83.5 cm³/mol. The SMILES string of the molecule is CCOC(=O)[C@](C)(CCCCO)Cc1cccc(Br)c1. The van der Waals surface area contributed by atoms with Gasteiger partial charge in [0.25, 0.3) is 0 Å². The second-order valence-electron chi connectivity index (χ2n) is 5.27. The number of benzene rings is 1. The molecule has 1 aromatic carbocycles. The minimum atomic E-state index is -0.536. The molecule has 1 atom stereocenters. The van der Waals surface area contributed by atoms with Gasteiger partial charge in [-0.05, 0) is 50.8 Å². The van der Waals surface area contributed by atoms with Gasteiger partial charge in [-0.3, -0.25) is 4.79 Å². The molecule has 0 heterocycles. The van der Waals surface area contributed by atoms with Crippen LogP contribution >= 0.6 is 15.9 Å². The molecule has 0 amide bonds. The third-order valence-electron chi connectivity index (χ3n) is 3.39. The fraction of sp³-hybridized carbons (Fsp3) is 0.562. The molecule has 1 aromatic rings. The zero-order chi connectivity index (χ0) is 15.0. The molecule has 0 saturated heterocycles. The predicted octanol–water partition coefficient (Wildman–Crippen LogP) is 3.72. The molecule has 0 aliphatic rings. The molecule has 0 unspecified atom stereocenters. The molecule has 0 radical (unpaired) electrons. The molecule has 0 aliphatic heterocycles. The van der Waals surface area contributed by atoms with Crippen molar-refractivity contribution in [3.05, 3.63) is 34.3 Å². The van der Waals surface area contributed by atoms with Gasteiger partial charge >= 0.3 is 5.97 Å². The van der Waals surface area contributed by atoms with E-state index in [1.807, 2.05) is 38.1 Å². The van der Waals surface area contributed by atoms with E-state index in [0.29, 0.717) is 19.4 Å². The van der Waals surface area contributed by atoms with Gasteiger partial charge in [0.1, 0.15) is 0 Å². The summed E-state index contributed by atoms with van der Waals surface area (Å²) < 4.78 is 6.24. The summed E-state index contributed by atoms with van der Waals surface area (Å²) >= 11 is 3.45. The first-order valence-electron chi connectivity index (χ1n) is 7.04. The van der Waals surface area contributed by atoms with E-state index in [1.54, 1.807) is 0 Å². The lowest BCUT2D eigenvalue weighted by atomic mass is 9.79. The lowest BCUT2D eigenvalue weighted by Gasteiger charge is -2.27. The maximum absolute atomic E-state index is 12.3. The van der Waals surface area contributed by atoms with E-state index < -0.39 is 5.41 Å². The van der Waals surface area contributed by atoms with E-state index in [4.69, 9.17) is 9.84 Å². The monoisotopic (exact) mass is 342 g/mol. The van der Waals surface area contributed by atoms with Crippen LogP contribution in [-0.2, 0) is 16.0 Å². The van der Waals surface area contributed by atoms with E-state index in [0.717, 1.165) is 22.9 Å². The number of aliphatic hydroxyl groups is 1. The Morgan fingerprint density at radius 3 is 2.75 bits per heavy atom. The highest BCUT2D eigenvalue weighted by Gasteiger charge is 2.34. The largest absolute Gasteiger partial charge is 0.466 e. The van der Waals surface area contributed by atoms with Crippen LogP contribution in [-0.4, -0.2) is 24.3 Å². The molecule has 0 aromatic heterocycles. The average Bonchev–Trinajstić information content (AvgIpc) is 2.39. The molecule has 20 heavy (non-hydrogen) atoms. The normalized spacial score (nSPS) is 13.8. The van der Waals surface area contributed by atoms with Crippen molar-refractivity contribution in [3.8, 4) is 0 Å². The first-order valence-corrected chi connectivity index (χ1v) is 7.83. The quantitative estimate of drug-likeness (QED) is 0.578. The fourth-order valence-corrected chi connectivity index (χ4v) is 2.74. The summed E-state index contributed by atoms with van der Waals surface area (Å²) in [6.45, 7) is 4.33. The minimum Gasteiger partial charge on any atom is -0.466 e. The summed E-state index contributed by atoms with van der Waals surface area (Å²) in [5.41, 5.74) is 0.574. The number of ether oxygens (including phenoxy) is 1. The van der Waals surface area contributed by atoms with Gasteiger partial charge in [-0.1, -0.05) is 34.5 Å². The van der Waals surface area contributed by atoms with Crippen molar-refractivity contribution in [3.63, 3.8) is 0 Å². The lowest BCUT2D eigenvalue weighted by Crippen LogP contribution is -2.32. The number of hydrogen-bond donors (Lipinski definition) is 1. The van der Waals surface area contributed by atoms with Crippen molar-refractivity contribution < 1.29 is 14.6 Å². The van der Waals surface area contributed by atoms with Crippen molar-refractivity contribution in [2.45, 2.75) is 39.5 Å². The summed E-state index contributed by atoms with van der Waals surface area (Å²) in [4.78, 5) is 12.3. The Labute approximate surface area is 129 Å². The molecule has 0 saturated carbocycles. The van der Waals surface area contributed by atoms with Gasteiger partial charge in [0.05, 0.1) is 12.0 Å². The Kier molecular flexibility index (Phi) is 7.24. The van der Waals surface area contributed by atoms with E-state index in [1.165, 1.54) is 0 Å². The average molecular weight is 343 g/mol. The summed E-state index contributed by atoms with van der Waals surface area (Å²) in [5.74, 6) is -0.155. The van der Waals surface area contributed by atoms with Crippen molar-refractivity contribution >= 4 is 21.9 Å². The zero-order valence-electron chi connectivity index (χ0n) is 12.2. The maximum Gasteiger partial charge on any atom is 0.312 e. The van der Waals surface area contributed by atoms with Crippen LogP contribution in [0.3, 0.4) is 0 Å². The highest BCUT2D eigenvalue weighted by molar-refractivity contribution is 9.10. The number of aliphatic hydroxyl groups excluding tert-OH is 1. The van der Waals surface area contributed by atoms with E-state index in [-0.39, 0.29) is 12.6 Å². The van der Waals surface area contributed by atoms with Crippen LogP contribution < -0.4 is 0 Å². The summed E-state index contributed by atoms with van der Waals surface area (Å²) in [7, 11) is 0. The Morgan fingerprint density at radius 2 is 2.15 bits per heavy atom. The number of esters is 1. The van der Waals surface area contributed by atoms with E-state index >= 15 is 0 Å². The van der Waals surface area contributed by atoms with Gasteiger partial charge in [0.15, 0.2) is 0 Å². The maximum atomic E-state index is 12.3. The van der Waals surface area contributed by atoms with E-state index in [9.17, 15) is 4.79 Å². The van der Waals surface area contributed by atoms with Crippen LogP contribution in [0.25, 0.3) is 0 Å². The Morgan fingerprint density at radius 1 is 1.40 bits per heavy atom. The summed E-state index contributed by atoms with van der Waals surface area (Å²) in [6, 6.07) is 7.99. The molecule has 0 spiro atoms. The van der Waals surface area contributed by atoms with Crippen molar-refractivity contribution in [1.29, 1.82) is 0 Å². The van der Waals surface area contributed by atoms with Gasteiger partial charge in [-0.2, -0.15) is 0 Å². The molecule has 4 heteroatoms. The van der Waals surface area contributed by atoms with Crippen molar-refractivity contribution in [2.75, 3.05) is 13.2 Å². The number of halogens is 1. The number of carbonyl (C=O) groups excluding carboxylic acids is 1. The van der Waals surface area contributed by atoms with Crippen molar-refractivity contribution in [2.24, 2.45) is 5.41 Å². The highest BCUT2D eigenvalue weighted by Crippen LogP contribution is 2.31. The molecule has 3 nitrogen and oxygen atoms in total. The van der Waals surface area contributed by atoms with Crippen LogP contribution in [0.1, 0.15) is 38.7 Å². The zero-order valence-corrected chi connectivity index (χ0v) is 13.8. The number of hydrogen-bond acceptors (Lipinski definition) is 3. The van der Waals surface area contributed by atoms with E-state index in [2.05, 4.69) is 15.9 Å². The summed E-state index contributed by atoms with van der Waals surface area (Å²) in [6.07, 6.45) is 2.91. The third-order valence-corrected chi connectivity index (χ3v) is 3.88. The molecule has 112 valence electrons. The molecule has 0 fully saturated rings. The second kappa shape index (κ2) is 8.42. The van der Waals surface area contributed by atoms with Gasteiger partial charge in [-0.15, -0.1) is 0 Å².